The maximum atomic E-state index is 14.3. The van der Waals surface area contributed by atoms with Crippen LogP contribution in [0.25, 0.3) is 22.5 Å². The van der Waals surface area contributed by atoms with E-state index in [1.807, 2.05) is 30.3 Å². The van der Waals surface area contributed by atoms with Crippen LogP contribution in [-0.4, -0.2) is 43.3 Å². The topological polar surface area (TPSA) is 107 Å². The van der Waals surface area contributed by atoms with Gasteiger partial charge in [-0.2, -0.15) is 5.10 Å². The van der Waals surface area contributed by atoms with Gasteiger partial charge in [0.25, 0.3) is 5.91 Å². The van der Waals surface area contributed by atoms with Gasteiger partial charge in [-0.3, -0.25) is 14.8 Å². The second-order valence-electron chi connectivity index (χ2n) is 10.8. The van der Waals surface area contributed by atoms with Crippen LogP contribution in [0.3, 0.4) is 0 Å². The first kappa shape index (κ1) is 24.1. The normalized spacial score (nSPS) is 20.6. The SMILES string of the molecule is O=C1c2cc(CNC3CCC[C@@H]3O)ccc2CN1c1cc(-c2ccc(F)cc2-c2ncn[nH]2)cc(C2CC2)n1. The first-order chi connectivity index (χ1) is 19.0. The lowest BCUT2D eigenvalue weighted by Gasteiger charge is -2.18. The van der Waals surface area contributed by atoms with E-state index in [1.165, 1.54) is 18.5 Å². The Hall–Kier alpha value is -3.95. The molecule has 2 atom stereocenters. The molecule has 4 aromatic rings. The van der Waals surface area contributed by atoms with Crippen LogP contribution >= 0.6 is 0 Å². The van der Waals surface area contributed by atoms with Gasteiger partial charge in [0.05, 0.1) is 12.6 Å². The fourth-order valence-electron chi connectivity index (χ4n) is 5.79. The van der Waals surface area contributed by atoms with Gasteiger partial charge in [0.2, 0.25) is 0 Å². The van der Waals surface area contributed by atoms with E-state index in [1.54, 1.807) is 11.0 Å². The molecule has 9 heteroatoms. The molecular formula is C30H29FN6O2. The van der Waals surface area contributed by atoms with E-state index in [4.69, 9.17) is 4.98 Å². The third kappa shape index (κ3) is 4.62. The quantitative estimate of drug-likeness (QED) is 0.323. The molecule has 0 radical (unpaired) electrons. The van der Waals surface area contributed by atoms with Crippen LogP contribution in [-0.2, 0) is 13.1 Å². The molecule has 0 spiro atoms. The van der Waals surface area contributed by atoms with Crippen molar-refractivity contribution in [1.29, 1.82) is 0 Å². The standard InChI is InChI=1S/C30H29FN6O2/c31-21-8-9-22(24(13-21)29-33-16-34-36-29)20-11-26(18-6-7-18)35-28(12-20)37-15-19-5-4-17(10-23(19)30(37)39)14-32-25-2-1-3-27(25)38/h4-5,8-13,16,18,25,27,32,38H,1-3,6-7,14-15H2,(H,33,34,36)/t25?,27-/m0/s1. The van der Waals surface area contributed by atoms with E-state index in [2.05, 4.69) is 20.5 Å². The summed E-state index contributed by atoms with van der Waals surface area (Å²) >= 11 is 0. The van der Waals surface area contributed by atoms with Gasteiger partial charge >= 0.3 is 0 Å². The molecule has 2 saturated carbocycles. The van der Waals surface area contributed by atoms with Gasteiger partial charge in [0, 0.05) is 35.3 Å². The van der Waals surface area contributed by atoms with E-state index in [0.29, 0.717) is 41.8 Å². The smallest absolute Gasteiger partial charge is 0.260 e. The van der Waals surface area contributed by atoms with Crippen molar-refractivity contribution in [2.75, 3.05) is 4.90 Å². The molecule has 1 aliphatic heterocycles. The zero-order chi connectivity index (χ0) is 26.5. The second-order valence-corrected chi connectivity index (χ2v) is 10.8. The Bertz CT molecular complexity index is 1550. The monoisotopic (exact) mass is 524 g/mol. The zero-order valence-electron chi connectivity index (χ0n) is 21.4. The van der Waals surface area contributed by atoms with Crippen LogP contribution in [0.1, 0.15) is 65.2 Å². The highest BCUT2D eigenvalue weighted by Crippen LogP contribution is 2.43. The van der Waals surface area contributed by atoms with Crippen molar-refractivity contribution >= 4 is 11.7 Å². The number of benzene rings is 2. The minimum atomic E-state index is -0.361. The molecule has 2 aromatic heterocycles. The number of amides is 1. The average molecular weight is 525 g/mol. The number of anilines is 1. The van der Waals surface area contributed by atoms with Crippen LogP contribution in [0.5, 0.6) is 0 Å². The summed E-state index contributed by atoms with van der Waals surface area (Å²) in [7, 11) is 0. The molecule has 3 N–H and O–H groups in total. The Kier molecular flexibility index (Phi) is 5.97. The largest absolute Gasteiger partial charge is 0.392 e. The number of aliphatic hydroxyl groups is 1. The number of hydrogen-bond acceptors (Lipinski definition) is 6. The van der Waals surface area contributed by atoms with Gasteiger partial charge in [-0.15, -0.1) is 0 Å². The minimum absolute atomic E-state index is 0.0753. The highest BCUT2D eigenvalue weighted by atomic mass is 19.1. The molecule has 2 aromatic carbocycles. The molecule has 8 nitrogen and oxygen atoms in total. The van der Waals surface area contributed by atoms with E-state index >= 15 is 0 Å². The highest BCUT2D eigenvalue weighted by Gasteiger charge is 2.33. The maximum Gasteiger partial charge on any atom is 0.260 e. The fourth-order valence-corrected chi connectivity index (χ4v) is 5.79. The van der Waals surface area contributed by atoms with Crippen molar-refractivity contribution in [3.63, 3.8) is 0 Å². The predicted octanol–water partition coefficient (Wildman–Crippen LogP) is 4.71. The van der Waals surface area contributed by atoms with Crippen LogP contribution in [0, 0.1) is 5.82 Å². The summed E-state index contributed by atoms with van der Waals surface area (Å²) in [4.78, 5) is 24.6. The average Bonchev–Trinajstić information content (AvgIpc) is 3.33. The van der Waals surface area contributed by atoms with Crippen LogP contribution in [0.4, 0.5) is 10.2 Å². The number of fused-ring (bicyclic) bond motifs is 1. The van der Waals surface area contributed by atoms with Crippen LogP contribution < -0.4 is 10.2 Å². The second kappa shape index (κ2) is 9.66. The lowest BCUT2D eigenvalue weighted by molar-refractivity contribution is 0.0995. The van der Waals surface area contributed by atoms with Gasteiger partial charge in [0.15, 0.2) is 5.82 Å². The Balaban J connectivity index is 1.21. The molecule has 1 unspecified atom stereocenters. The highest BCUT2D eigenvalue weighted by molar-refractivity contribution is 6.10. The van der Waals surface area contributed by atoms with Gasteiger partial charge in [0.1, 0.15) is 18.0 Å². The molecule has 2 aliphatic carbocycles. The Morgan fingerprint density at radius 1 is 1.03 bits per heavy atom. The minimum Gasteiger partial charge on any atom is -0.392 e. The zero-order valence-corrected chi connectivity index (χ0v) is 21.4. The Morgan fingerprint density at radius 2 is 1.92 bits per heavy atom. The van der Waals surface area contributed by atoms with Gasteiger partial charge in [-0.05, 0) is 84.7 Å². The number of nitrogens with one attached hydrogen (secondary N) is 2. The Morgan fingerprint density at radius 3 is 2.69 bits per heavy atom. The molecular weight excluding hydrogens is 495 g/mol. The molecule has 198 valence electrons. The van der Waals surface area contributed by atoms with E-state index in [0.717, 1.165) is 60.1 Å². The predicted molar refractivity (Wildman–Crippen MR) is 144 cm³/mol. The Labute approximate surface area is 225 Å². The summed E-state index contributed by atoms with van der Waals surface area (Å²) in [5.41, 5.74) is 5.87. The summed E-state index contributed by atoms with van der Waals surface area (Å²) < 4.78 is 14.3. The van der Waals surface area contributed by atoms with Crippen molar-refractivity contribution in [3.8, 4) is 22.5 Å². The van der Waals surface area contributed by atoms with E-state index < -0.39 is 0 Å². The van der Waals surface area contributed by atoms with Crippen LogP contribution in [0.2, 0.25) is 0 Å². The van der Waals surface area contributed by atoms with Gasteiger partial charge < -0.3 is 10.4 Å². The van der Waals surface area contributed by atoms with E-state index in [9.17, 15) is 14.3 Å². The molecule has 1 amide bonds. The number of halogens is 1. The molecule has 0 bridgehead atoms. The summed E-state index contributed by atoms with van der Waals surface area (Å²) in [6.45, 7) is 1.05. The molecule has 39 heavy (non-hydrogen) atoms. The van der Waals surface area contributed by atoms with Gasteiger partial charge in [-0.25, -0.2) is 14.4 Å². The molecule has 3 aliphatic rings. The lowest BCUT2D eigenvalue weighted by Crippen LogP contribution is -2.35. The number of pyridine rings is 1. The number of nitrogens with zero attached hydrogens (tertiary/aromatic N) is 4. The number of carbonyl (C=O) groups excluding carboxylic acids is 1. The number of hydrogen-bond donors (Lipinski definition) is 3. The molecule has 2 fully saturated rings. The number of aromatic nitrogens is 4. The first-order valence-corrected chi connectivity index (χ1v) is 13.6. The third-order valence-electron chi connectivity index (χ3n) is 8.09. The lowest BCUT2D eigenvalue weighted by atomic mass is 9.98. The van der Waals surface area contributed by atoms with Crippen molar-refractivity contribution in [2.45, 2.75) is 63.3 Å². The fraction of sp³-hybridized carbons (Fsp3) is 0.333. The van der Waals surface area contributed by atoms with Crippen LogP contribution in [0.15, 0.2) is 54.9 Å². The number of aliphatic hydroxyl groups excluding tert-OH is 1. The first-order valence-electron chi connectivity index (χ1n) is 13.6. The van der Waals surface area contributed by atoms with Crippen molar-refractivity contribution < 1.29 is 14.3 Å². The van der Waals surface area contributed by atoms with Crippen molar-refractivity contribution in [3.05, 3.63) is 83.1 Å². The third-order valence-corrected chi connectivity index (χ3v) is 8.09. The molecule has 7 rings (SSSR count). The number of H-pyrrole nitrogens is 1. The van der Waals surface area contributed by atoms with Crippen molar-refractivity contribution in [1.82, 2.24) is 25.5 Å². The summed E-state index contributed by atoms with van der Waals surface area (Å²) in [5.74, 6) is 0.999. The maximum absolute atomic E-state index is 14.3. The van der Waals surface area contributed by atoms with Gasteiger partial charge in [-0.1, -0.05) is 18.2 Å². The van der Waals surface area contributed by atoms with Crippen molar-refractivity contribution in [2.24, 2.45) is 0 Å². The van der Waals surface area contributed by atoms with E-state index in [-0.39, 0.29) is 23.9 Å². The number of aromatic amines is 1. The molecule has 0 saturated heterocycles. The molecule has 3 heterocycles. The summed E-state index contributed by atoms with van der Waals surface area (Å²) in [6.07, 6.45) is 6.06. The number of carbonyl (C=O) groups is 1. The summed E-state index contributed by atoms with van der Waals surface area (Å²) in [5, 5.41) is 20.3. The summed E-state index contributed by atoms with van der Waals surface area (Å²) in [6, 6.07) is 14.7. The number of rotatable bonds is 7.